The van der Waals surface area contributed by atoms with E-state index < -0.39 is 0 Å². The fraction of sp³-hybridized carbons (Fsp3) is 0.263. The summed E-state index contributed by atoms with van der Waals surface area (Å²) >= 11 is 0. The Morgan fingerprint density at radius 1 is 0.875 bits per heavy atom. The van der Waals surface area contributed by atoms with Crippen molar-refractivity contribution < 1.29 is 14.7 Å². The summed E-state index contributed by atoms with van der Waals surface area (Å²) in [5, 5.41) is 14.7. The van der Waals surface area contributed by atoms with Crippen molar-refractivity contribution in [1.29, 1.82) is 0 Å². The Morgan fingerprint density at radius 2 is 1.46 bits per heavy atom. The highest BCUT2D eigenvalue weighted by molar-refractivity contribution is 5.85. The lowest BCUT2D eigenvalue weighted by Crippen LogP contribution is -2.44. The van der Waals surface area contributed by atoms with Crippen molar-refractivity contribution in [2.45, 2.75) is 18.9 Å². The molecule has 5 nitrogen and oxygen atoms in total. The predicted octanol–water partition coefficient (Wildman–Crippen LogP) is 1.07. The van der Waals surface area contributed by atoms with Crippen LogP contribution in [0, 0.1) is 0 Å². The van der Waals surface area contributed by atoms with Gasteiger partial charge in [-0.25, -0.2) is 0 Å². The summed E-state index contributed by atoms with van der Waals surface area (Å²) < 4.78 is 0. The van der Waals surface area contributed by atoms with E-state index in [2.05, 4.69) is 10.6 Å². The van der Waals surface area contributed by atoms with E-state index in [0.717, 1.165) is 11.1 Å². The van der Waals surface area contributed by atoms with Crippen LogP contribution in [0.15, 0.2) is 60.7 Å². The van der Waals surface area contributed by atoms with Gasteiger partial charge in [-0.05, 0) is 17.5 Å². The molecule has 0 heterocycles. The minimum absolute atomic E-state index is 0.100. The maximum absolute atomic E-state index is 11.9. The molecule has 2 aromatic carbocycles. The highest BCUT2D eigenvalue weighted by Gasteiger charge is 2.13. The summed E-state index contributed by atoms with van der Waals surface area (Å²) in [6, 6.07) is 18.6. The molecule has 0 aliphatic rings. The number of aliphatic hydroxyl groups is 1. The van der Waals surface area contributed by atoms with Crippen molar-refractivity contribution in [1.82, 2.24) is 10.6 Å². The number of hydrogen-bond acceptors (Lipinski definition) is 3. The quantitative estimate of drug-likeness (QED) is 0.679. The van der Waals surface area contributed by atoms with Crippen molar-refractivity contribution in [2.24, 2.45) is 0 Å². The van der Waals surface area contributed by atoms with Crippen LogP contribution in [0.4, 0.5) is 0 Å². The van der Waals surface area contributed by atoms with Gasteiger partial charge in [0.15, 0.2) is 0 Å². The van der Waals surface area contributed by atoms with Crippen molar-refractivity contribution in [2.75, 3.05) is 13.2 Å². The van der Waals surface area contributed by atoms with Gasteiger partial charge in [0.05, 0.1) is 25.6 Å². The van der Waals surface area contributed by atoms with Crippen LogP contribution < -0.4 is 10.6 Å². The van der Waals surface area contributed by atoms with E-state index in [1.807, 2.05) is 60.7 Å². The lowest BCUT2D eigenvalue weighted by atomic mass is 10.1. The Bertz CT molecular complexity index is 644. The van der Waals surface area contributed by atoms with Crippen molar-refractivity contribution in [3.05, 3.63) is 71.8 Å². The van der Waals surface area contributed by atoms with E-state index in [1.54, 1.807) is 0 Å². The maximum Gasteiger partial charge on any atom is 0.239 e. The summed E-state index contributed by atoms with van der Waals surface area (Å²) in [5.41, 5.74) is 1.93. The molecular weight excluding hydrogens is 304 g/mol. The van der Waals surface area contributed by atoms with E-state index in [4.69, 9.17) is 0 Å². The summed E-state index contributed by atoms with van der Waals surface area (Å²) in [5.74, 6) is -0.522. The SMILES string of the molecule is O=C(Cc1ccccc1)NCC(=O)NC(CO)Cc1ccccc1. The normalized spacial score (nSPS) is 11.5. The Balaban J connectivity index is 1.74. The Hall–Kier alpha value is -2.66. The first-order valence-electron chi connectivity index (χ1n) is 7.92. The number of rotatable bonds is 8. The fourth-order valence-corrected chi connectivity index (χ4v) is 2.36. The van der Waals surface area contributed by atoms with Crippen LogP contribution in [0.25, 0.3) is 0 Å². The zero-order valence-electron chi connectivity index (χ0n) is 13.4. The number of carbonyl (C=O) groups excluding carboxylic acids is 2. The van der Waals surface area contributed by atoms with Gasteiger partial charge in [0.25, 0.3) is 0 Å². The first-order chi connectivity index (χ1) is 11.7. The molecule has 1 unspecified atom stereocenters. The van der Waals surface area contributed by atoms with Crippen LogP contribution >= 0.6 is 0 Å². The molecule has 0 bridgehead atoms. The van der Waals surface area contributed by atoms with E-state index in [9.17, 15) is 14.7 Å². The molecule has 126 valence electrons. The zero-order chi connectivity index (χ0) is 17.2. The van der Waals surface area contributed by atoms with Crippen molar-refractivity contribution >= 4 is 11.8 Å². The van der Waals surface area contributed by atoms with Gasteiger partial charge in [0.2, 0.25) is 11.8 Å². The lowest BCUT2D eigenvalue weighted by Gasteiger charge is -2.16. The first-order valence-corrected chi connectivity index (χ1v) is 7.92. The minimum Gasteiger partial charge on any atom is -0.394 e. The Labute approximate surface area is 141 Å². The average Bonchev–Trinajstić information content (AvgIpc) is 2.61. The second-order valence-corrected chi connectivity index (χ2v) is 5.58. The smallest absolute Gasteiger partial charge is 0.239 e. The van der Waals surface area contributed by atoms with Crippen LogP contribution in [0.5, 0.6) is 0 Å². The Kier molecular flexibility index (Phi) is 6.98. The topological polar surface area (TPSA) is 78.4 Å². The summed E-state index contributed by atoms with van der Waals surface area (Å²) in [6.45, 7) is -0.254. The molecule has 0 spiro atoms. The van der Waals surface area contributed by atoms with Crippen LogP contribution in [0.2, 0.25) is 0 Å². The largest absolute Gasteiger partial charge is 0.394 e. The van der Waals surface area contributed by atoms with Crippen LogP contribution in [-0.2, 0) is 22.4 Å². The summed E-state index contributed by atoms with van der Waals surface area (Å²) in [7, 11) is 0. The van der Waals surface area contributed by atoms with Crippen LogP contribution in [-0.4, -0.2) is 36.1 Å². The van der Waals surface area contributed by atoms with Crippen molar-refractivity contribution in [3.8, 4) is 0 Å². The van der Waals surface area contributed by atoms with E-state index in [-0.39, 0.29) is 37.4 Å². The molecule has 24 heavy (non-hydrogen) atoms. The third kappa shape index (κ3) is 6.22. The second-order valence-electron chi connectivity index (χ2n) is 5.58. The molecule has 1 atom stereocenters. The second kappa shape index (κ2) is 9.47. The number of nitrogens with one attached hydrogen (secondary N) is 2. The van der Waals surface area contributed by atoms with Crippen LogP contribution in [0.3, 0.4) is 0 Å². The highest BCUT2D eigenvalue weighted by atomic mass is 16.3. The number of aliphatic hydroxyl groups excluding tert-OH is 1. The highest BCUT2D eigenvalue weighted by Crippen LogP contribution is 2.03. The van der Waals surface area contributed by atoms with Gasteiger partial charge in [-0.3, -0.25) is 9.59 Å². The van der Waals surface area contributed by atoms with Gasteiger partial charge in [0.1, 0.15) is 0 Å². The van der Waals surface area contributed by atoms with Gasteiger partial charge in [-0.2, -0.15) is 0 Å². The maximum atomic E-state index is 11.9. The number of hydrogen-bond donors (Lipinski definition) is 3. The Morgan fingerprint density at radius 3 is 2.04 bits per heavy atom. The molecule has 2 amide bonds. The molecule has 0 fully saturated rings. The lowest BCUT2D eigenvalue weighted by molar-refractivity contribution is -0.126. The van der Waals surface area contributed by atoms with Crippen molar-refractivity contribution in [3.63, 3.8) is 0 Å². The first kappa shape index (κ1) is 17.7. The molecule has 2 rings (SSSR count). The standard InChI is InChI=1S/C19H22N2O3/c22-14-17(11-15-7-3-1-4-8-15)21-19(24)13-20-18(23)12-16-9-5-2-6-10-16/h1-10,17,22H,11-14H2,(H,20,23)(H,21,24). The van der Waals surface area contributed by atoms with Crippen LogP contribution in [0.1, 0.15) is 11.1 Å². The van der Waals surface area contributed by atoms with E-state index in [1.165, 1.54) is 0 Å². The molecule has 0 saturated carbocycles. The van der Waals surface area contributed by atoms with Gasteiger partial charge in [-0.15, -0.1) is 0 Å². The number of amides is 2. The monoisotopic (exact) mass is 326 g/mol. The zero-order valence-corrected chi connectivity index (χ0v) is 13.4. The number of carbonyl (C=O) groups is 2. The van der Waals surface area contributed by atoms with Gasteiger partial charge in [0, 0.05) is 0 Å². The van der Waals surface area contributed by atoms with Gasteiger partial charge in [-0.1, -0.05) is 60.7 Å². The number of benzene rings is 2. The molecule has 0 aliphatic heterocycles. The molecule has 0 aliphatic carbocycles. The molecule has 5 heteroatoms. The average molecular weight is 326 g/mol. The van der Waals surface area contributed by atoms with E-state index >= 15 is 0 Å². The minimum atomic E-state index is -0.370. The molecule has 2 aromatic rings. The molecule has 0 saturated heterocycles. The molecule has 3 N–H and O–H groups in total. The summed E-state index contributed by atoms with van der Waals surface area (Å²) in [6.07, 6.45) is 0.780. The molecular formula is C19H22N2O3. The predicted molar refractivity (Wildman–Crippen MR) is 92.3 cm³/mol. The molecule has 0 aromatic heterocycles. The molecule has 0 radical (unpaired) electrons. The van der Waals surface area contributed by atoms with E-state index in [0.29, 0.717) is 6.42 Å². The third-order valence-electron chi connectivity index (χ3n) is 3.56. The fourth-order valence-electron chi connectivity index (χ4n) is 2.36. The van der Waals surface area contributed by atoms with Gasteiger partial charge < -0.3 is 15.7 Å². The van der Waals surface area contributed by atoms with Gasteiger partial charge >= 0.3 is 0 Å². The summed E-state index contributed by atoms with van der Waals surface area (Å²) in [4.78, 5) is 23.7. The third-order valence-corrected chi connectivity index (χ3v) is 3.56.